The quantitative estimate of drug-likeness (QED) is 0.828. The van der Waals surface area contributed by atoms with E-state index in [0.29, 0.717) is 29.4 Å². The standard InChI is InChI=1S/C20H24N4O.2ClH/c1-13-6-3-4-7-15(13)19-16-12-24(11-14(16)10-23(19)2)20(25)17-8-5-9-18(21)22-17;;/h3-9,14,16,19H,10-12H2,1-2H3,(H2,21,22);2*1H/t14-,16+,19+;;/m0../s1. The Labute approximate surface area is 172 Å². The summed E-state index contributed by atoms with van der Waals surface area (Å²) in [6.45, 7) is 4.78. The molecule has 0 saturated carbocycles. The number of halogens is 2. The van der Waals surface area contributed by atoms with E-state index in [1.165, 1.54) is 11.1 Å². The lowest BCUT2D eigenvalue weighted by Gasteiger charge is -2.28. The minimum atomic E-state index is -0.00659. The molecule has 1 aromatic heterocycles. The van der Waals surface area contributed by atoms with Crippen molar-refractivity contribution >= 4 is 36.5 Å². The number of carbonyl (C=O) groups excluding carboxylic acids is 1. The van der Waals surface area contributed by atoms with Crippen LogP contribution in [0.4, 0.5) is 5.82 Å². The molecule has 2 aromatic rings. The van der Waals surface area contributed by atoms with Gasteiger partial charge in [-0.15, -0.1) is 24.8 Å². The number of aryl methyl sites for hydroxylation is 1. The maximum atomic E-state index is 12.8. The molecule has 3 atom stereocenters. The fourth-order valence-corrected chi connectivity index (χ4v) is 4.54. The number of hydrogen-bond acceptors (Lipinski definition) is 4. The third kappa shape index (κ3) is 3.91. The monoisotopic (exact) mass is 408 g/mol. The summed E-state index contributed by atoms with van der Waals surface area (Å²) in [5.74, 6) is 1.37. The molecular weight excluding hydrogens is 383 g/mol. The van der Waals surface area contributed by atoms with Gasteiger partial charge in [-0.25, -0.2) is 4.98 Å². The third-order valence-electron chi connectivity index (χ3n) is 5.68. The van der Waals surface area contributed by atoms with Crippen molar-refractivity contribution in [2.75, 3.05) is 32.4 Å². The Bertz CT molecular complexity index is 816. The molecule has 7 heteroatoms. The number of amides is 1. The number of nitrogens with zero attached hydrogens (tertiary/aromatic N) is 3. The maximum Gasteiger partial charge on any atom is 0.272 e. The number of nitrogen functional groups attached to an aromatic ring is 1. The molecule has 4 rings (SSSR count). The fraction of sp³-hybridized carbons (Fsp3) is 0.400. The summed E-state index contributed by atoms with van der Waals surface area (Å²) in [5.41, 5.74) is 8.88. The average molecular weight is 409 g/mol. The van der Waals surface area contributed by atoms with Gasteiger partial charge in [0.15, 0.2) is 0 Å². The lowest BCUT2D eigenvalue weighted by atomic mass is 9.88. The smallest absolute Gasteiger partial charge is 0.272 e. The molecule has 1 amide bonds. The van der Waals surface area contributed by atoms with E-state index < -0.39 is 0 Å². The molecule has 0 spiro atoms. The zero-order valence-corrected chi connectivity index (χ0v) is 17.2. The van der Waals surface area contributed by atoms with Crippen molar-refractivity contribution < 1.29 is 4.79 Å². The van der Waals surface area contributed by atoms with Crippen LogP contribution in [0.1, 0.15) is 27.7 Å². The van der Waals surface area contributed by atoms with E-state index in [1.807, 2.05) is 4.90 Å². The molecule has 2 N–H and O–H groups in total. The second kappa shape index (κ2) is 8.46. The van der Waals surface area contributed by atoms with E-state index in [2.05, 4.69) is 48.1 Å². The molecule has 0 bridgehead atoms. The number of benzene rings is 1. The van der Waals surface area contributed by atoms with Crippen molar-refractivity contribution in [3.8, 4) is 0 Å². The van der Waals surface area contributed by atoms with Gasteiger partial charge in [-0.05, 0) is 43.1 Å². The first kappa shape index (κ1) is 21.5. The van der Waals surface area contributed by atoms with Crippen LogP contribution in [0.25, 0.3) is 0 Å². The van der Waals surface area contributed by atoms with Gasteiger partial charge in [0.1, 0.15) is 11.5 Å². The normalized spacial score (nSPS) is 24.1. The highest BCUT2D eigenvalue weighted by atomic mass is 35.5. The number of aromatic nitrogens is 1. The van der Waals surface area contributed by atoms with Crippen molar-refractivity contribution in [1.29, 1.82) is 0 Å². The molecule has 0 aliphatic carbocycles. The second-order valence-corrected chi connectivity index (χ2v) is 7.32. The number of nitrogens with two attached hydrogens (primary N) is 1. The molecule has 2 aliphatic heterocycles. The molecule has 1 aromatic carbocycles. The van der Waals surface area contributed by atoms with Gasteiger partial charge in [0.05, 0.1) is 0 Å². The first-order chi connectivity index (χ1) is 12.0. The van der Waals surface area contributed by atoms with Gasteiger partial charge < -0.3 is 10.6 Å². The van der Waals surface area contributed by atoms with Crippen molar-refractivity contribution in [2.45, 2.75) is 13.0 Å². The molecule has 5 nitrogen and oxygen atoms in total. The Hall–Kier alpha value is -1.82. The number of likely N-dealkylation sites (tertiary alicyclic amines) is 2. The Morgan fingerprint density at radius 1 is 1.07 bits per heavy atom. The molecule has 2 aliphatic rings. The van der Waals surface area contributed by atoms with Crippen molar-refractivity contribution in [3.05, 3.63) is 59.3 Å². The summed E-state index contributed by atoms with van der Waals surface area (Å²) in [5, 5.41) is 0. The van der Waals surface area contributed by atoms with E-state index >= 15 is 0 Å². The zero-order valence-electron chi connectivity index (χ0n) is 15.5. The minimum Gasteiger partial charge on any atom is -0.384 e. The van der Waals surface area contributed by atoms with Crippen LogP contribution in [0.5, 0.6) is 0 Å². The SMILES string of the molecule is Cc1ccccc1[C@@H]1[C@@H]2CN(C(=O)c3cccc(N)n3)C[C@@H]2CN1C.Cl.Cl. The highest BCUT2D eigenvalue weighted by Gasteiger charge is 2.47. The Morgan fingerprint density at radius 2 is 1.81 bits per heavy atom. The Morgan fingerprint density at radius 3 is 2.52 bits per heavy atom. The second-order valence-electron chi connectivity index (χ2n) is 7.32. The topological polar surface area (TPSA) is 62.5 Å². The summed E-state index contributed by atoms with van der Waals surface area (Å²) >= 11 is 0. The number of hydrogen-bond donors (Lipinski definition) is 1. The number of fused-ring (bicyclic) bond motifs is 1. The van der Waals surface area contributed by atoms with Crippen LogP contribution in [0.3, 0.4) is 0 Å². The molecule has 146 valence electrons. The van der Waals surface area contributed by atoms with Crippen molar-refractivity contribution in [2.24, 2.45) is 11.8 Å². The lowest BCUT2D eigenvalue weighted by molar-refractivity contribution is 0.0762. The van der Waals surface area contributed by atoms with Crippen LogP contribution in [-0.4, -0.2) is 47.4 Å². The van der Waals surface area contributed by atoms with Crippen LogP contribution in [-0.2, 0) is 0 Å². The maximum absolute atomic E-state index is 12.8. The van der Waals surface area contributed by atoms with Gasteiger partial charge >= 0.3 is 0 Å². The first-order valence-electron chi connectivity index (χ1n) is 8.82. The first-order valence-corrected chi connectivity index (χ1v) is 8.82. The summed E-state index contributed by atoms with van der Waals surface area (Å²) in [6.07, 6.45) is 0. The number of anilines is 1. The molecule has 2 fully saturated rings. The van der Waals surface area contributed by atoms with Crippen molar-refractivity contribution in [1.82, 2.24) is 14.8 Å². The van der Waals surface area contributed by atoms with Gasteiger partial charge in [-0.2, -0.15) is 0 Å². The van der Waals surface area contributed by atoms with Gasteiger partial charge in [0, 0.05) is 31.6 Å². The fourth-order valence-electron chi connectivity index (χ4n) is 4.54. The average Bonchev–Trinajstić information content (AvgIpc) is 3.12. The van der Waals surface area contributed by atoms with Crippen LogP contribution >= 0.6 is 24.8 Å². The Kier molecular flexibility index (Phi) is 6.73. The van der Waals surface area contributed by atoms with Gasteiger partial charge in [0.25, 0.3) is 5.91 Å². The summed E-state index contributed by atoms with van der Waals surface area (Å²) in [7, 11) is 2.20. The van der Waals surface area contributed by atoms with Crippen LogP contribution in [0.2, 0.25) is 0 Å². The lowest BCUT2D eigenvalue weighted by Crippen LogP contribution is -2.34. The van der Waals surface area contributed by atoms with Crippen LogP contribution < -0.4 is 5.73 Å². The van der Waals surface area contributed by atoms with Gasteiger partial charge in [-0.3, -0.25) is 9.69 Å². The summed E-state index contributed by atoms with van der Waals surface area (Å²) < 4.78 is 0. The van der Waals surface area contributed by atoms with E-state index in [4.69, 9.17) is 5.73 Å². The zero-order chi connectivity index (χ0) is 17.6. The number of carbonyl (C=O) groups is 1. The molecule has 2 saturated heterocycles. The van der Waals surface area contributed by atoms with Gasteiger partial charge in [-0.1, -0.05) is 30.3 Å². The van der Waals surface area contributed by atoms with E-state index in [9.17, 15) is 4.79 Å². The van der Waals surface area contributed by atoms with E-state index in [1.54, 1.807) is 18.2 Å². The predicted octanol–water partition coefficient (Wildman–Crippen LogP) is 3.19. The Balaban J connectivity index is 0.00000131. The third-order valence-corrected chi connectivity index (χ3v) is 5.68. The molecule has 0 unspecified atom stereocenters. The highest BCUT2D eigenvalue weighted by molar-refractivity contribution is 5.92. The predicted molar refractivity (Wildman–Crippen MR) is 113 cm³/mol. The molecular formula is C20H26Cl2N4O. The summed E-state index contributed by atoms with van der Waals surface area (Å²) in [6, 6.07) is 14.2. The molecule has 3 heterocycles. The summed E-state index contributed by atoms with van der Waals surface area (Å²) in [4.78, 5) is 21.4. The largest absolute Gasteiger partial charge is 0.384 e. The van der Waals surface area contributed by atoms with Gasteiger partial charge in [0.2, 0.25) is 0 Å². The minimum absolute atomic E-state index is 0. The molecule has 0 radical (unpaired) electrons. The number of pyridine rings is 1. The van der Waals surface area contributed by atoms with Crippen LogP contribution in [0, 0.1) is 18.8 Å². The molecule has 27 heavy (non-hydrogen) atoms. The van der Waals surface area contributed by atoms with Crippen molar-refractivity contribution in [3.63, 3.8) is 0 Å². The van der Waals surface area contributed by atoms with E-state index in [-0.39, 0.29) is 30.7 Å². The highest BCUT2D eigenvalue weighted by Crippen LogP contribution is 2.45. The van der Waals surface area contributed by atoms with Crippen LogP contribution in [0.15, 0.2) is 42.5 Å². The van der Waals surface area contributed by atoms with E-state index in [0.717, 1.165) is 19.6 Å². The number of rotatable bonds is 2.